The first-order chi connectivity index (χ1) is 13.7. The van der Waals surface area contributed by atoms with Crippen molar-refractivity contribution in [2.45, 2.75) is 55.3 Å². The van der Waals surface area contributed by atoms with Crippen molar-refractivity contribution in [3.8, 4) is 0 Å². The number of halogens is 4. The Kier molecular flexibility index (Phi) is 5.67. The van der Waals surface area contributed by atoms with Gasteiger partial charge in [0.05, 0.1) is 17.1 Å². The normalized spacial score (nSPS) is 31.4. The van der Waals surface area contributed by atoms with Gasteiger partial charge in [-0.1, -0.05) is 0 Å². The molecule has 9 heteroatoms. The molecule has 3 fully saturated rings. The van der Waals surface area contributed by atoms with E-state index in [1.165, 1.54) is 4.31 Å². The highest BCUT2D eigenvalue weighted by molar-refractivity contribution is 7.89. The van der Waals surface area contributed by atoms with Gasteiger partial charge in [0.2, 0.25) is 10.0 Å². The highest BCUT2D eigenvalue weighted by atomic mass is 32.2. The number of benzene rings is 1. The summed E-state index contributed by atoms with van der Waals surface area (Å²) in [6.07, 6.45) is -0.631. The highest BCUT2D eigenvalue weighted by Gasteiger charge is 2.51. The van der Waals surface area contributed by atoms with E-state index < -0.39 is 34.5 Å². The monoisotopic (exact) mass is 434 g/mol. The van der Waals surface area contributed by atoms with E-state index in [0.29, 0.717) is 6.54 Å². The summed E-state index contributed by atoms with van der Waals surface area (Å²) in [6.45, 7) is 1.71. The van der Waals surface area contributed by atoms with Gasteiger partial charge in [-0.3, -0.25) is 9.29 Å². The van der Waals surface area contributed by atoms with Crippen molar-refractivity contribution < 1.29 is 26.0 Å². The zero-order valence-electron chi connectivity index (χ0n) is 16.1. The van der Waals surface area contributed by atoms with Crippen LogP contribution in [0.4, 0.5) is 17.6 Å². The Morgan fingerprint density at radius 3 is 2.31 bits per heavy atom. The SMILES string of the molecule is O=S(=O)(c1ccc(C(F)(F)F)cc1)N1C[C@@H]2CCCN3CCC[C@@H]([C@H]23)[C@H]1CCF. The average molecular weight is 434 g/mol. The third kappa shape index (κ3) is 3.81. The summed E-state index contributed by atoms with van der Waals surface area (Å²) in [4.78, 5) is 2.28. The molecule has 3 saturated heterocycles. The molecule has 0 amide bonds. The molecule has 4 nitrogen and oxygen atoms in total. The van der Waals surface area contributed by atoms with Crippen LogP contribution in [0.3, 0.4) is 0 Å². The van der Waals surface area contributed by atoms with Crippen molar-refractivity contribution in [3.05, 3.63) is 29.8 Å². The van der Waals surface area contributed by atoms with Crippen molar-refractivity contribution in [2.24, 2.45) is 11.8 Å². The van der Waals surface area contributed by atoms with Crippen LogP contribution in [0.5, 0.6) is 0 Å². The number of hydrogen-bond donors (Lipinski definition) is 0. The first-order valence-electron chi connectivity index (χ1n) is 10.2. The van der Waals surface area contributed by atoms with Gasteiger partial charge >= 0.3 is 6.18 Å². The number of hydrogen-bond acceptors (Lipinski definition) is 3. The molecule has 0 spiro atoms. The summed E-state index contributed by atoms with van der Waals surface area (Å²) < 4.78 is 80.1. The molecule has 0 bridgehead atoms. The Labute approximate surface area is 168 Å². The van der Waals surface area contributed by atoms with Crippen LogP contribution >= 0.6 is 0 Å². The van der Waals surface area contributed by atoms with Crippen LogP contribution < -0.4 is 0 Å². The van der Waals surface area contributed by atoms with Gasteiger partial charge in [-0.15, -0.1) is 0 Å². The second-order valence-corrected chi connectivity index (χ2v) is 10.3. The molecule has 3 aliphatic rings. The van der Waals surface area contributed by atoms with Crippen LogP contribution in [0.25, 0.3) is 0 Å². The maximum absolute atomic E-state index is 13.4. The first kappa shape index (κ1) is 21.1. The molecule has 29 heavy (non-hydrogen) atoms. The van der Waals surface area contributed by atoms with Crippen LogP contribution in [0.2, 0.25) is 0 Å². The summed E-state index contributed by atoms with van der Waals surface area (Å²) in [5, 5.41) is 0. The van der Waals surface area contributed by atoms with Crippen LogP contribution in [0, 0.1) is 11.8 Å². The van der Waals surface area contributed by atoms with Gasteiger partial charge in [0.1, 0.15) is 0 Å². The number of piperidine rings is 3. The van der Waals surface area contributed by atoms with E-state index in [1.54, 1.807) is 0 Å². The lowest BCUT2D eigenvalue weighted by molar-refractivity contribution is -0.137. The Morgan fingerprint density at radius 2 is 1.69 bits per heavy atom. The van der Waals surface area contributed by atoms with Gasteiger partial charge in [-0.25, -0.2) is 8.42 Å². The fraction of sp³-hybridized carbons (Fsp3) is 0.700. The van der Waals surface area contributed by atoms with Crippen LogP contribution in [-0.2, 0) is 16.2 Å². The highest BCUT2D eigenvalue weighted by Crippen LogP contribution is 2.44. The summed E-state index contributed by atoms with van der Waals surface area (Å²) in [5.74, 6) is 0.261. The number of rotatable bonds is 4. The predicted molar refractivity (Wildman–Crippen MR) is 101 cm³/mol. The maximum atomic E-state index is 13.4. The molecule has 162 valence electrons. The van der Waals surface area contributed by atoms with Crippen molar-refractivity contribution in [2.75, 3.05) is 26.3 Å². The van der Waals surface area contributed by atoms with Crippen LogP contribution in [-0.4, -0.2) is 56.0 Å². The van der Waals surface area contributed by atoms with Gasteiger partial charge in [-0.05, 0) is 81.3 Å². The molecule has 0 unspecified atom stereocenters. The van der Waals surface area contributed by atoms with Crippen molar-refractivity contribution in [1.29, 1.82) is 0 Å². The fourth-order valence-electron chi connectivity index (χ4n) is 5.65. The molecular formula is C20H26F4N2O2S. The molecule has 0 saturated carbocycles. The topological polar surface area (TPSA) is 40.6 Å². The zero-order valence-corrected chi connectivity index (χ0v) is 16.9. The average Bonchev–Trinajstić information content (AvgIpc) is 2.69. The number of sulfonamides is 1. The van der Waals surface area contributed by atoms with Crippen molar-refractivity contribution in [3.63, 3.8) is 0 Å². The lowest BCUT2D eigenvalue weighted by atomic mass is 9.70. The van der Waals surface area contributed by atoms with Gasteiger partial charge in [0.15, 0.2) is 0 Å². The van der Waals surface area contributed by atoms with E-state index in [4.69, 9.17) is 0 Å². The van der Waals surface area contributed by atoms with Crippen LogP contribution in [0.15, 0.2) is 29.2 Å². The van der Waals surface area contributed by atoms with Crippen LogP contribution in [0.1, 0.15) is 37.7 Å². The molecule has 3 aliphatic heterocycles. The third-order valence-corrected chi connectivity index (χ3v) is 8.72. The third-order valence-electron chi connectivity index (χ3n) is 6.82. The van der Waals surface area contributed by atoms with Gasteiger partial charge in [0.25, 0.3) is 0 Å². The Hall–Kier alpha value is -1.19. The fourth-order valence-corrected chi connectivity index (χ4v) is 7.41. The second-order valence-electron chi connectivity index (χ2n) is 8.38. The van der Waals surface area contributed by atoms with E-state index in [-0.39, 0.29) is 29.2 Å². The van der Waals surface area contributed by atoms with E-state index in [2.05, 4.69) is 4.90 Å². The van der Waals surface area contributed by atoms with E-state index in [9.17, 15) is 26.0 Å². The quantitative estimate of drug-likeness (QED) is 0.675. The minimum Gasteiger partial charge on any atom is -0.300 e. The molecule has 0 aromatic heterocycles. The van der Waals surface area contributed by atoms with Gasteiger partial charge < -0.3 is 0 Å². The summed E-state index contributed by atoms with van der Waals surface area (Å²) in [6, 6.07) is 3.47. The molecule has 4 atom stereocenters. The van der Waals surface area contributed by atoms with Gasteiger partial charge in [-0.2, -0.15) is 17.5 Å². The molecule has 1 aromatic rings. The minimum atomic E-state index is -4.52. The smallest absolute Gasteiger partial charge is 0.300 e. The molecule has 1 aromatic carbocycles. The molecule has 0 N–H and O–H groups in total. The van der Waals surface area contributed by atoms with Crippen molar-refractivity contribution >= 4 is 10.0 Å². The number of alkyl halides is 4. The molecule has 0 aliphatic carbocycles. The van der Waals surface area contributed by atoms with E-state index >= 15 is 0 Å². The second kappa shape index (κ2) is 7.81. The maximum Gasteiger partial charge on any atom is 0.416 e. The minimum absolute atomic E-state index is 0.0720. The van der Waals surface area contributed by atoms with E-state index in [1.807, 2.05) is 0 Å². The molecule has 3 heterocycles. The Balaban J connectivity index is 1.67. The molecule has 0 radical (unpaired) electrons. The first-order valence-corrected chi connectivity index (χ1v) is 11.7. The number of nitrogens with zero attached hydrogens (tertiary/aromatic N) is 2. The summed E-state index contributed by atoms with van der Waals surface area (Å²) in [5.41, 5.74) is -0.884. The zero-order chi connectivity index (χ0) is 20.8. The largest absolute Gasteiger partial charge is 0.416 e. The lowest BCUT2D eigenvalue weighted by Gasteiger charge is -2.56. The lowest BCUT2D eigenvalue weighted by Crippen LogP contribution is -2.65. The standard InChI is InChI=1S/C20H26F4N2O2S/c21-10-9-18-17-4-2-12-25-11-1-3-14(19(17)25)13-26(18)29(27,28)16-7-5-15(6-8-16)20(22,23)24/h5-8,14,17-19H,1-4,9-13H2/t14-,17+,18+,19-/m0/s1. The molecular weight excluding hydrogens is 408 g/mol. The Bertz CT molecular complexity index is 826. The summed E-state index contributed by atoms with van der Waals surface area (Å²) in [7, 11) is -4.00. The molecule has 4 rings (SSSR count). The van der Waals surface area contributed by atoms with E-state index in [0.717, 1.165) is 63.0 Å². The predicted octanol–water partition coefficient (Wildman–Crippen LogP) is 3.93. The van der Waals surface area contributed by atoms with Crippen molar-refractivity contribution in [1.82, 2.24) is 9.21 Å². The summed E-state index contributed by atoms with van der Waals surface area (Å²) >= 11 is 0. The Morgan fingerprint density at radius 1 is 1.03 bits per heavy atom. The van der Waals surface area contributed by atoms with Gasteiger partial charge in [0, 0.05) is 18.6 Å².